The number of amides is 1. The molecule has 1 N–H and O–H groups in total. The first kappa shape index (κ1) is 15.8. The maximum atomic E-state index is 12.4. The molecule has 0 radical (unpaired) electrons. The highest BCUT2D eigenvalue weighted by atomic mass is 19.4. The van der Waals surface area contributed by atoms with Crippen LogP contribution >= 0.6 is 0 Å². The van der Waals surface area contributed by atoms with Gasteiger partial charge in [-0.15, -0.1) is 0 Å². The van der Waals surface area contributed by atoms with Crippen LogP contribution in [-0.4, -0.2) is 5.91 Å². The molecule has 0 aliphatic rings. The SMILES string of the molecule is Cc1ccc(C=CC(=O)Nc2ccc(C(F)(F)F)cc2)cc1. The zero-order chi connectivity index (χ0) is 16.2. The topological polar surface area (TPSA) is 29.1 Å². The van der Waals surface area contributed by atoms with E-state index in [2.05, 4.69) is 5.32 Å². The first-order chi connectivity index (χ1) is 10.3. The van der Waals surface area contributed by atoms with Crippen molar-refractivity contribution in [2.75, 3.05) is 5.32 Å². The molecule has 1 amide bonds. The summed E-state index contributed by atoms with van der Waals surface area (Å²) >= 11 is 0. The average molecular weight is 305 g/mol. The lowest BCUT2D eigenvalue weighted by Gasteiger charge is -2.07. The van der Waals surface area contributed by atoms with Gasteiger partial charge in [0.15, 0.2) is 0 Å². The van der Waals surface area contributed by atoms with Gasteiger partial charge in [0.05, 0.1) is 5.56 Å². The molecule has 0 saturated carbocycles. The minimum absolute atomic E-state index is 0.312. The van der Waals surface area contributed by atoms with E-state index in [9.17, 15) is 18.0 Å². The highest BCUT2D eigenvalue weighted by Gasteiger charge is 2.29. The Labute approximate surface area is 126 Å². The third-order valence-corrected chi connectivity index (χ3v) is 2.98. The van der Waals surface area contributed by atoms with E-state index in [1.165, 1.54) is 18.2 Å². The number of hydrogen-bond acceptors (Lipinski definition) is 1. The summed E-state index contributed by atoms with van der Waals surface area (Å²) in [4.78, 5) is 11.7. The van der Waals surface area contributed by atoms with Gasteiger partial charge in [-0.1, -0.05) is 29.8 Å². The number of carbonyl (C=O) groups is 1. The maximum Gasteiger partial charge on any atom is 0.416 e. The fourth-order valence-electron chi connectivity index (χ4n) is 1.78. The Morgan fingerprint density at radius 2 is 1.59 bits per heavy atom. The lowest BCUT2D eigenvalue weighted by Crippen LogP contribution is -2.09. The van der Waals surface area contributed by atoms with E-state index in [0.29, 0.717) is 5.69 Å². The van der Waals surface area contributed by atoms with Crippen LogP contribution < -0.4 is 5.32 Å². The van der Waals surface area contributed by atoms with Crippen LogP contribution in [-0.2, 0) is 11.0 Å². The molecule has 22 heavy (non-hydrogen) atoms. The summed E-state index contributed by atoms with van der Waals surface area (Å²) in [7, 11) is 0. The molecule has 0 saturated heterocycles. The molecule has 0 atom stereocenters. The second-order valence-corrected chi connectivity index (χ2v) is 4.81. The van der Waals surface area contributed by atoms with E-state index in [4.69, 9.17) is 0 Å². The summed E-state index contributed by atoms with van der Waals surface area (Å²) in [6.07, 6.45) is -1.41. The molecule has 0 aliphatic carbocycles. The number of hydrogen-bond donors (Lipinski definition) is 1. The average Bonchev–Trinajstić information content (AvgIpc) is 2.46. The normalized spacial score (nSPS) is 11.6. The van der Waals surface area contributed by atoms with Gasteiger partial charge in [0, 0.05) is 11.8 Å². The van der Waals surface area contributed by atoms with Crippen molar-refractivity contribution in [1.82, 2.24) is 0 Å². The molecule has 2 nitrogen and oxygen atoms in total. The second-order valence-electron chi connectivity index (χ2n) is 4.81. The van der Waals surface area contributed by atoms with Crippen LogP contribution in [0.4, 0.5) is 18.9 Å². The van der Waals surface area contributed by atoms with Crippen LogP contribution in [0.1, 0.15) is 16.7 Å². The minimum atomic E-state index is -4.38. The lowest BCUT2D eigenvalue weighted by molar-refractivity contribution is -0.137. The van der Waals surface area contributed by atoms with Crippen molar-refractivity contribution >= 4 is 17.7 Å². The molecular formula is C17H14F3NO. The zero-order valence-corrected chi connectivity index (χ0v) is 11.8. The van der Waals surface area contributed by atoms with Gasteiger partial charge in [-0.2, -0.15) is 13.2 Å². The van der Waals surface area contributed by atoms with Crippen molar-refractivity contribution < 1.29 is 18.0 Å². The molecular weight excluding hydrogens is 291 g/mol. The molecule has 2 aromatic carbocycles. The Bertz CT molecular complexity index is 671. The Kier molecular flexibility index (Phi) is 4.65. The highest BCUT2D eigenvalue weighted by Crippen LogP contribution is 2.29. The number of nitrogens with one attached hydrogen (secondary N) is 1. The Morgan fingerprint density at radius 3 is 2.14 bits per heavy atom. The van der Waals surface area contributed by atoms with Crippen molar-refractivity contribution in [2.24, 2.45) is 0 Å². The largest absolute Gasteiger partial charge is 0.416 e. The van der Waals surface area contributed by atoms with E-state index in [1.54, 1.807) is 6.08 Å². The summed E-state index contributed by atoms with van der Waals surface area (Å²) < 4.78 is 37.3. The number of anilines is 1. The van der Waals surface area contributed by atoms with Crippen molar-refractivity contribution in [3.63, 3.8) is 0 Å². The van der Waals surface area contributed by atoms with E-state index >= 15 is 0 Å². The van der Waals surface area contributed by atoms with Crippen molar-refractivity contribution in [1.29, 1.82) is 0 Å². The monoisotopic (exact) mass is 305 g/mol. The van der Waals surface area contributed by atoms with Crippen LogP contribution in [0.3, 0.4) is 0 Å². The lowest BCUT2D eigenvalue weighted by atomic mass is 10.1. The molecule has 0 aromatic heterocycles. The zero-order valence-electron chi connectivity index (χ0n) is 11.8. The molecule has 2 aromatic rings. The fourth-order valence-corrected chi connectivity index (χ4v) is 1.78. The molecule has 2 rings (SSSR count). The molecule has 0 unspecified atom stereocenters. The van der Waals surface area contributed by atoms with Crippen LogP contribution in [0.5, 0.6) is 0 Å². The van der Waals surface area contributed by atoms with Gasteiger partial charge in [0.25, 0.3) is 0 Å². The number of carbonyl (C=O) groups excluding carboxylic acids is 1. The number of aryl methyl sites for hydroxylation is 1. The highest BCUT2D eigenvalue weighted by molar-refractivity contribution is 6.01. The van der Waals surface area contributed by atoms with E-state index in [0.717, 1.165) is 23.3 Å². The van der Waals surface area contributed by atoms with E-state index in [-0.39, 0.29) is 0 Å². The van der Waals surface area contributed by atoms with Crippen molar-refractivity contribution in [2.45, 2.75) is 13.1 Å². The van der Waals surface area contributed by atoms with Gasteiger partial charge < -0.3 is 5.32 Å². The summed E-state index contributed by atoms with van der Waals surface area (Å²) in [6, 6.07) is 11.9. The molecule has 0 bridgehead atoms. The number of rotatable bonds is 3. The van der Waals surface area contributed by atoms with Crippen LogP contribution in [0.15, 0.2) is 54.6 Å². The third kappa shape index (κ3) is 4.48. The Morgan fingerprint density at radius 1 is 1.00 bits per heavy atom. The summed E-state index contributed by atoms with van der Waals surface area (Å²) in [5, 5.41) is 2.51. The Hall–Kier alpha value is -2.56. The smallest absolute Gasteiger partial charge is 0.323 e. The molecule has 0 aliphatic heterocycles. The first-order valence-electron chi connectivity index (χ1n) is 6.57. The summed E-state index contributed by atoms with van der Waals surface area (Å²) in [5.41, 5.74) is 1.55. The first-order valence-corrected chi connectivity index (χ1v) is 6.57. The molecule has 0 spiro atoms. The molecule has 0 fully saturated rings. The number of benzene rings is 2. The summed E-state index contributed by atoms with van der Waals surface area (Å²) in [6.45, 7) is 1.96. The molecule has 5 heteroatoms. The van der Waals surface area contributed by atoms with Gasteiger partial charge in [-0.3, -0.25) is 4.79 Å². The van der Waals surface area contributed by atoms with Crippen LogP contribution in [0.25, 0.3) is 6.08 Å². The second kappa shape index (κ2) is 6.47. The van der Waals surface area contributed by atoms with Crippen molar-refractivity contribution in [3.05, 3.63) is 71.3 Å². The minimum Gasteiger partial charge on any atom is -0.323 e. The number of halogens is 3. The van der Waals surface area contributed by atoms with Gasteiger partial charge in [0.2, 0.25) is 5.91 Å². The van der Waals surface area contributed by atoms with Gasteiger partial charge in [0.1, 0.15) is 0 Å². The van der Waals surface area contributed by atoms with Crippen LogP contribution in [0.2, 0.25) is 0 Å². The standard InChI is InChI=1S/C17H14F3NO/c1-12-2-4-13(5-3-12)6-11-16(22)21-15-9-7-14(8-10-15)17(18,19)20/h2-11H,1H3,(H,21,22). The predicted molar refractivity (Wildman–Crippen MR) is 80.3 cm³/mol. The molecule has 114 valence electrons. The predicted octanol–water partition coefficient (Wildman–Crippen LogP) is 4.67. The van der Waals surface area contributed by atoms with Crippen molar-refractivity contribution in [3.8, 4) is 0 Å². The summed E-state index contributed by atoms with van der Waals surface area (Å²) in [5.74, 6) is -0.402. The van der Waals surface area contributed by atoms with Gasteiger partial charge in [-0.05, 0) is 42.8 Å². The van der Waals surface area contributed by atoms with Gasteiger partial charge >= 0.3 is 6.18 Å². The van der Waals surface area contributed by atoms with Crippen LogP contribution in [0, 0.1) is 6.92 Å². The quantitative estimate of drug-likeness (QED) is 0.821. The Balaban J connectivity index is 1.98. The maximum absolute atomic E-state index is 12.4. The third-order valence-electron chi connectivity index (χ3n) is 2.98. The van der Waals surface area contributed by atoms with E-state index in [1.807, 2.05) is 31.2 Å². The fraction of sp³-hybridized carbons (Fsp3) is 0.118. The van der Waals surface area contributed by atoms with Gasteiger partial charge in [-0.25, -0.2) is 0 Å². The number of alkyl halides is 3. The molecule has 0 heterocycles. The van der Waals surface area contributed by atoms with E-state index < -0.39 is 17.6 Å².